The van der Waals surface area contributed by atoms with Crippen molar-refractivity contribution in [3.63, 3.8) is 0 Å². The molecule has 1 atom stereocenters. The van der Waals surface area contributed by atoms with Gasteiger partial charge in [0.05, 0.1) is 6.54 Å². The number of urea groups is 1. The van der Waals surface area contributed by atoms with Crippen LogP contribution >= 0.6 is 0 Å². The summed E-state index contributed by atoms with van der Waals surface area (Å²) in [6, 6.07) is 5.55. The van der Waals surface area contributed by atoms with Crippen LogP contribution in [0, 0.1) is 0 Å². The molecule has 0 bridgehead atoms. The quantitative estimate of drug-likeness (QED) is 0.643. The van der Waals surface area contributed by atoms with Crippen LogP contribution in [0.4, 0.5) is 4.79 Å². The second kappa shape index (κ2) is 4.76. The van der Waals surface area contributed by atoms with Crippen LogP contribution in [-0.2, 0) is 4.79 Å². The number of imide groups is 1. The molecular formula is C14H15N3O4. The van der Waals surface area contributed by atoms with E-state index in [1.54, 1.807) is 12.1 Å². The Bertz CT molecular complexity index is 630. The van der Waals surface area contributed by atoms with Gasteiger partial charge in [-0.15, -0.1) is 0 Å². The summed E-state index contributed by atoms with van der Waals surface area (Å²) in [4.78, 5) is 37.3. The van der Waals surface area contributed by atoms with Crippen LogP contribution in [0.3, 0.4) is 0 Å². The molecule has 21 heavy (non-hydrogen) atoms. The lowest BCUT2D eigenvalue weighted by Crippen LogP contribution is -2.59. The second-order valence-electron chi connectivity index (χ2n) is 5.37. The molecule has 1 unspecified atom stereocenters. The molecular weight excluding hydrogens is 274 g/mol. The Morgan fingerprint density at radius 1 is 1.33 bits per heavy atom. The second-order valence-corrected chi connectivity index (χ2v) is 5.37. The fraction of sp³-hybridized carbons (Fsp3) is 0.357. The number of carbonyl (C=O) groups excluding carboxylic acids is 3. The van der Waals surface area contributed by atoms with Gasteiger partial charge in [0.1, 0.15) is 11.3 Å². The van der Waals surface area contributed by atoms with Crippen molar-refractivity contribution in [2.45, 2.75) is 18.4 Å². The van der Waals surface area contributed by atoms with Gasteiger partial charge in [-0.25, -0.2) is 4.79 Å². The molecule has 0 aliphatic carbocycles. The molecule has 7 heteroatoms. The van der Waals surface area contributed by atoms with E-state index in [2.05, 4.69) is 10.6 Å². The van der Waals surface area contributed by atoms with Crippen molar-refractivity contribution in [2.24, 2.45) is 0 Å². The van der Waals surface area contributed by atoms with Crippen LogP contribution in [0.1, 0.15) is 23.2 Å². The Kier molecular flexibility index (Phi) is 3.04. The smallest absolute Gasteiger partial charge is 0.322 e. The number of carbonyl (C=O) groups is 3. The largest absolute Gasteiger partial charge is 0.508 e. The zero-order valence-corrected chi connectivity index (χ0v) is 11.3. The van der Waals surface area contributed by atoms with Crippen molar-refractivity contribution in [3.8, 4) is 5.75 Å². The lowest BCUT2D eigenvalue weighted by molar-refractivity contribution is -0.125. The van der Waals surface area contributed by atoms with E-state index in [1.807, 2.05) is 0 Å². The van der Waals surface area contributed by atoms with Gasteiger partial charge in [-0.3, -0.25) is 14.9 Å². The van der Waals surface area contributed by atoms with E-state index < -0.39 is 11.6 Å². The molecule has 1 spiro atoms. The normalized spacial score (nSPS) is 24.9. The Labute approximate surface area is 120 Å². The molecule has 0 aromatic heterocycles. The Hall–Kier alpha value is -2.57. The highest BCUT2D eigenvalue weighted by Gasteiger charge is 2.49. The fourth-order valence-electron chi connectivity index (χ4n) is 2.87. The minimum atomic E-state index is -1.03. The number of nitrogens with one attached hydrogen (secondary N) is 2. The van der Waals surface area contributed by atoms with E-state index >= 15 is 0 Å². The molecule has 1 aromatic carbocycles. The summed E-state index contributed by atoms with van der Waals surface area (Å²) in [5.41, 5.74) is -0.668. The minimum absolute atomic E-state index is 0.0134. The number of benzene rings is 1. The third-order valence-corrected chi connectivity index (χ3v) is 3.89. The summed E-state index contributed by atoms with van der Waals surface area (Å²) in [5, 5.41) is 14.3. The van der Waals surface area contributed by atoms with E-state index in [-0.39, 0.29) is 24.1 Å². The highest BCUT2D eigenvalue weighted by atomic mass is 16.3. The highest BCUT2D eigenvalue weighted by Crippen LogP contribution is 2.26. The first-order valence-electron chi connectivity index (χ1n) is 6.72. The summed E-state index contributed by atoms with van der Waals surface area (Å²) in [7, 11) is 0. The molecule has 1 aromatic rings. The SMILES string of the molecule is O=C1NC(=O)C2(CCCN(C(=O)c3cccc(O)c3)C2)N1. The van der Waals surface area contributed by atoms with Crippen LogP contribution in [0.15, 0.2) is 24.3 Å². The van der Waals surface area contributed by atoms with Gasteiger partial charge < -0.3 is 15.3 Å². The average molecular weight is 289 g/mol. The monoisotopic (exact) mass is 289 g/mol. The predicted octanol–water partition coefficient (Wildman–Crippen LogP) is 0.206. The van der Waals surface area contributed by atoms with Crippen molar-refractivity contribution in [1.29, 1.82) is 0 Å². The first kappa shape index (κ1) is 13.4. The summed E-state index contributed by atoms with van der Waals surface area (Å²) < 4.78 is 0. The molecule has 3 rings (SSSR count). The lowest BCUT2D eigenvalue weighted by Gasteiger charge is -2.38. The van der Waals surface area contributed by atoms with Gasteiger partial charge >= 0.3 is 6.03 Å². The van der Waals surface area contributed by atoms with Gasteiger partial charge in [0.25, 0.3) is 11.8 Å². The molecule has 2 aliphatic heterocycles. The molecule has 4 amide bonds. The van der Waals surface area contributed by atoms with Gasteiger partial charge in [0, 0.05) is 12.1 Å². The number of phenols is 1. The molecule has 2 heterocycles. The van der Waals surface area contributed by atoms with Crippen molar-refractivity contribution in [3.05, 3.63) is 29.8 Å². The number of amides is 4. The molecule has 2 fully saturated rings. The molecule has 3 N–H and O–H groups in total. The van der Waals surface area contributed by atoms with E-state index in [1.165, 1.54) is 17.0 Å². The maximum Gasteiger partial charge on any atom is 0.322 e. The summed E-state index contributed by atoms with van der Waals surface area (Å²) in [6.45, 7) is 0.651. The van der Waals surface area contributed by atoms with E-state index in [9.17, 15) is 19.5 Å². The van der Waals surface area contributed by atoms with Gasteiger partial charge in [-0.05, 0) is 31.0 Å². The van der Waals surface area contributed by atoms with Crippen molar-refractivity contribution in [2.75, 3.05) is 13.1 Å². The predicted molar refractivity (Wildman–Crippen MR) is 72.6 cm³/mol. The Morgan fingerprint density at radius 3 is 2.81 bits per heavy atom. The summed E-state index contributed by atoms with van der Waals surface area (Å²) in [5.74, 6) is -0.640. The number of aromatic hydroxyl groups is 1. The van der Waals surface area contributed by atoms with Gasteiger partial charge in [0.15, 0.2) is 0 Å². The third kappa shape index (κ3) is 2.31. The number of nitrogens with zero attached hydrogens (tertiary/aromatic N) is 1. The van der Waals surface area contributed by atoms with Gasteiger partial charge in [-0.1, -0.05) is 6.07 Å². The maximum atomic E-state index is 12.5. The number of likely N-dealkylation sites (tertiary alicyclic amines) is 1. The van der Waals surface area contributed by atoms with Gasteiger partial charge in [0.2, 0.25) is 0 Å². The Balaban J connectivity index is 1.82. The zero-order chi connectivity index (χ0) is 15.0. The third-order valence-electron chi connectivity index (χ3n) is 3.89. The number of piperidine rings is 1. The summed E-state index contributed by atoms with van der Waals surface area (Å²) >= 11 is 0. The van der Waals surface area contributed by atoms with E-state index in [0.29, 0.717) is 24.9 Å². The highest BCUT2D eigenvalue weighted by molar-refractivity contribution is 6.07. The molecule has 0 radical (unpaired) electrons. The maximum absolute atomic E-state index is 12.5. The molecule has 0 saturated carbocycles. The average Bonchev–Trinajstić information content (AvgIpc) is 2.72. The van der Waals surface area contributed by atoms with E-state index in [4.69, 9.17) is 0 Å². The number of hydrogen-bond acceptors (Lipinski definition) is 4. The number of rotatable bonds is 1. The molecule has 2 aliphatic rings. The van der Waals surface area contributed by atoms with Crippen LogP contribution in [0.25, 0.3) is 0 Å². The van der Waals surface area contributed by atoms with Crippen molar-refractivity contribution >= 4 is 17.8 Å². The first-order chi connectivity index (χ1) is 10.00. The number of phenolic OH excluding ortho intramolecular Hbond substituents is 1. The minimum Gasteiger partial charge on any atom is -0.508 e. The topological polar surface area (TPSA) is 98.7 Å². The Morgan fingerprint density at radius 2 is 2.14 bits per heavy atom. The van der Waals surface area contributed by atoms with Crippen molar-refractivity contribution < 1.29 is 19.5 Å². The zero-order valence-electron chi connectivity index (χ0n) is 11.3. The lowest BCUT2D eigenvalue weighted by atomic mass is 9.89. The molecule has 110 valence electrons. The van der Waals surface area contributed by atoms with Crippen LogP contribution in [0.2, 0.25) is 0 Å². The van der Waals surface area contributed by atoms with Crippen molar-refractivity contribution in [1.82, 2.24) is 15.5 Å². The summed E-state index contributed by atoms with van der Waals surface area (Å²) in [6.07, 6.45) is 1.13. The molecule has 2 saturated heterocycles. The van der Waals surface area contributed by atoms with Crippen LogP contribution in [-0.4, -0.2) is 46.5 Å². The van der Waals surface area contributed by atoms with Crippen LogP contribution < -0.4 is 10.6 Å². The first-order valence-corrected chi connectivity index (χ1v) is 6.72. The molecule has 7 nitrogen and oxygen atoms in total. The standard InChI is InChI=1S/C14H15N3O4/c18-10-4-1-3-9(7-10)11(19)17-6-2-5-14(8-17)12(20)15-13(21)16-14/h1,3-4,7,18H,2,5-6,8H2,(H2,15,16,20,21). The van der Waals surface area contributed by atoms with Crippen LogP contribution in [0.5, 0.6) is 5.75 Å². The fourth-order valence-corrected chi connectivity index (χ4v) is 2.87. The van der Waals surface area contributed by atoms with E-state index in [0.717, 1.165) is 0 Å². The van der Waals surface area contributed by atoms with Gasteiger partial charge in [-0.2, -0.15) is 0 Å². The number of hydrogen-bond donors (Lipinski definition) is 3.